The lowest BCUT2D eigenvalue weighted by Crippen LogP contribution is -2.48. The third-order valence-electron chi connectivity index (χ3n) is 4.30. The average molecular weight is 322 g/mol. The van der Waals surface area contributed by atoms with Crippen LogP contribution in [-0.2, 0) is 24.2 Å². The number of carbonyl (C=O) groups is 1. The fourth-order valence-corrected chi connectivity index (χ4v) is 3.36. The van der Waals surface area contributed by atoms with Crippen molar-refractivity contribution in [3.63, 3.8) is 0 Å². The van der Waals surface area contributed by atoms with E-state index >= 15 is 0 Å². The zero-order chi connectivity index (χ0) is 16.2. The van der Waals surface area contributed by atoms with Crippen LogP contribution >= 0.6 is 0 Å². The Morgan fingerprint density at radius 2 is 2.04 bits per heavy atom. The zero-order valence-corrected chi connectivity index (χ0v) is 13.9. The van der Waals surface area contributed by atoms with E-state index in [1.54, 1.807) is 0 Å². The van der Waals surface area contributed by atoms with E-state index in [0.29, 0.717) is 13.1 Å². The maximum Gasteiger partial charge on any atom is 0.315 e. The molecular formula is C15H26N6O2. The second-order valence-electron chi connectivity index (χ2n) is 6.41. The fourth-order valence-electron chi connectivity index (χ4n) is 3.36. The zero-order valence-electron chi connectivity index (χ0n) is 13.9. The molecule has 0 spiro atoms. The molecule has 1 saturated heterocycles. The summed E-state index contributed by atoms with van der Waals surface area (Å²) in [6.45, 7) is 8.84. The minimum Gasteiger partial charge on any atom is -0.373 e. The number of rotatable bonds is 5. The Bertz CT molecular complexity index is 536. The van der Waals surface area contributed by atoms with E-state index in [1.807, 2.05) is 0 Å². The average Bonchev–Trinajstić information content (AvgIpc) is 3.07. The van der Waals surface area contributed by atoms with Crippen LogP contribution in [0.2, 0.25) is 0 Å². The molecule has 8 heteroatoms. The van der Waals surface area contributed by atoms with Gasteiger partial charge in [0.2, 0.25) is 0 Å². The summed E-state index contributed by atoms with van der Waals surface area (Å²) in [6, 6.07) is -0.158. The molecule has 1 fully saturated rings. The summed E-state index contributed by atoms with van der Waals surface area (Å²) in [6.07, 6.45) is 2.60. The summed E-state index contributed by atoms with van der Waals surface area (Å²) < 4.78 is 7.80. The summed E-state index contributed by atoms with van der Waals surface area (Å²) in [7, 11) is 0. The molecular weight excluding hydrogens is 296 g/mol. The minimum atomic E-state index is -0.158. The number of amides is 2. The smallest absolute Gasteiger partial charge is 0.315 e. The standard InChI is InChI=1S/C15H26N6O2/c1-11-9-20(10-12(2)23-11)7-5-16-15(22)17-8-14-19-18-13-4-3-6-21(13)14/h11-12H,3-10H2,1-2H3,(H2,16,17,22)/t11-,12-/m0/s1. The first-order valence-corrected chi connectivity index (χ1v) is 8.42. The van der Waals surface area contributed by atoms with Gasteiger partial charge >= 0.3 is 6.03 Å². The molecule has 23 heavy (non-hydrogen) atoms. The number of aromatic nitrogens is 3. The molecule has 1 aromatic rings. The van der Waals surface area contributed by atoms with Crippen LogP contribution in [0.4, 0.5) is 4.79 Å². The van der Waals surface area contributed by atoms with Gasteiger partial charge in [-0.15, -0.1) is 10.2 Å². The van der Waals surface area contributed by atoms with Gasteiger partial charge in [-0.1, -0.05) is 0 Å². The first-order chi connectivity index (χ1) is 11.1. The number of aryl methyl sites for hydroxylation is 1. The largest absolute Gasteiger partial charge is 0.373 e. The van der Waals surface area contributed by atoms with Crippen LogP contribution in [0.3, 0.4) is 0 Å². The van der Waals surface area contributed by atoms with Crippen LogP contribution in [0.5, 0.6) is 0 Å². The molecule has 2 amide bonds. The van der Waals surface area contributed by atoms with Crippen LogP contribution in [0, 0.1) is 0 Å². The van der Waals surface area contributed by atoms with Crippen molar-refractivity contribution in [1.29, 1.82) is 0 Å². The number of nitrogens with one attached hydrogen (secondary N) is 2. The Balaban J connectivity index is 1.35. The number of urea groups is 1. The van der Waals surface area contributed by atoms with Crippen molar-refractivity contribution in [2.24, 2.45) is 0 Å². The van der Waals surface area contributed by atoms with Crippen molar-refractivity contribution in [2.45, 2.75) is 52.0 Å². The molecule has 2 atom stereocenters. The maximum atomic E-state index is 11.9. The van der Waals surface area contributed by atoms with Gasteiger partial charge in [0, 0.05) is 39.1 Å². The quantitative estimate of drug-likeness (QED) is 0.805. The second kappa shape index (κ2) is 7.27. The highest BCUT2D eigenvalue weighted by Gasteiger charge is 2.21. The molecule has 8 nitrogen and oxygen atoms in total. The van der Waals surface area contributed by atoms with Gasteiger partial charge in [-0.2, -0.15) is 0 Å². The molecule has 0 saturated carbocycles. The molecule has 0 radical (unpaired) electrons. The molecule has 0 unspecified atom stereocenters. The molecule has 3 heterocycles. The van der Waals surface area contributed by atoms with Gasteiger partial charge in [-0.05, 0) is 20.3 Å². The van der Waals surface area contributed by atoms with Gasteiger partial charge in [0.15, 0.2) is 5.82 Å². The summed E-state index contributed by atoms with van der Waals surface area (Å²) in [5.41, 5.74) is 0. The topological polar surface area (TPSA) is 84.3 Å². The van der Waals surface area contributed by atoms with Crippen LogP contribution in [-0.4, -0.2) is 64.1 Å². The molecule has 2 aliphatic heterocycles. The molecule has 3 rings (SSSR count). The number of nitrogens with zero attached hydrogens (tertiary/aromatic N) is 4. The number of hydrogen-bond donors (Lipinski definition) is 2. The lowest BCUT2D eigenvalue weighted by atomic mass is 10.2. The number of hydrogen-bond acceptors (Lipinski definition) is 5. The summed E-state index contributed by atoms with van der Waals surface area (Å²) in [5, 5.41) is 14.0. The van der Waals surface area contributed by atoms with E-state index in [9.17, 15) is 4.79 Å². The SMILES string of the molecule is C[C@H]1CN(CCNC(=O)NCc2nnc3n2CCC3)C[C@H](C)O1. The van der Waals surface area contributed by atoms with E-state index in [2.05, 4.69) is 44.1 Å². The fraction of sp³-hybridized carbons (Fsp3) is 0.800. The van der Waals surface area contributed by atoms with Crippen molar-refractivity contribution >= 4 is 6.03 Å². The van der Waals surface area contributed by atoms with Gasteiger partial charge in [0.1, 0.15) is 5.82 Å². The van der Waals surface area contributed by atoms with Crippen LogP contribution in [0.1, 0.15) is 31.9 Å². The van der Waals surface area contributed by atoms with E-state index in [0.717, 1.165) is 50.7 Å². The van der Waals surface area contributed by atoms with E-state index < -0.39 is 0 Å². The van der Waals surface area contributed by atoms with Crippen molar-refractivity contribution < 1.29 is 9.53 Å². The maximum absolute atomic E-state index is 11.9. The van der Waals surface area contributed by atoms with Crippen LogP contribution in [0.25, 0.3) is 0 Å². The first-order valence-electron chi connectivity index (χ1n) is 8.42. The second-order valence-corrected chi connectivity index (χ2v) is 6.41. The Morgan fingerprint density at radius 3 is 2.83 bits per heavy atom. The van der Waals surface area contributed by atoms with Crippen molar-refractivity contribution in [1.82, 2.24) is 30.3 Å². The number of ether oxygens (including phenoxy) is 1. The number of carbonyl (C=O) groups excluding carboxylic acids is 1. The van der Waals surface area contributed by atoms with Crippen LogP contribution in [0.15, 0.2) is 0 Å². The molecule has 2 N–H and O–H groups in total. The summed E-state index contributed by atoms with van der Waals surface area (Å²) >= 11 is 0. The Hall–Kier alpha value is -1.67. The van der Waals surface area contributed by atoms with E-state index in [4.69, 9.17) is 4.74 Å². The van der Waals surface area contributed by atoms with Gasteiger partial charge < -0.3 is 19.9 Å². The molecule has 2 aliphatic rings. The Morgan fingerprint density at radius 1 is 1.26 bits per heavy atom. The van der Waals surface area contributed by atoms with Gasteiger partial charge in [-0.3, -0.25) is 4.90 Å². The Kier molecular flexibility index (Phi) is 5.12. The highest BCUT2D eigenvalue weighted by Crippen LogP contribution is 2.13. The van der Waals surface area contributed by atoms with Gasteiger partial charge in [-0.25, -0.2) is 4.79 Å². The van der Waals surface area contributed by atoms with E-state index in [1.165, 1.54) is 0 Å². The highest BCUT2D eigenvalue weighted by atomic mass is 16.5. The monoisotopic (exact) mass is 322 g/mol. The predicted molar refractivity (Wildman–Crippen MR) is 85.0 cm³/mol. The van der Waals surface area contributed by atoms with Gasteiger partial charge in [0.05, 0.1) is 18.8 Å². The molecule has 0 aliphatic carbocycles. The third kappa shape index (κ3) is 4.20. The molecule has 0 bridgehead atoms. The summed E-state index contributed by atoms with van der Waals surface area (Å²) in [5.74, 6) is 1.86. The first kappa shape index (κ1) is 16.2. The summed E-state index contributed by atoms with van der Waals surface area (Å²) in [4.78, 5) is 14.2. The lowest BCUT2D eigenvalue weighted by Gasteiger charge is -2.35. The number of fused-ring (bicyclic) bond motifs is 1. The van der Waals surface area contributed by atoms with Crippen molar-refractivity contribution in [3.05, 3.63) is 11.6 Å². The number of morpholine rings is 1. The minimum absolute atomic E-state index is 0.158. The highest BCUT2D eigenvalue weighted by molar-refractivity contribution is 5.73. The van der Waals surface area contributed by atoms with E-state index in [-0.39, 0.29) is 18.2 Å². The third-order valence-corrected chi connectivity index (χ3v) is 4.30. The van der Waals surface area contributed by atoms with Crippen LogP contribution < -0.4 is 10.6 Å². The van der Waals surface area contributed by atoms with Crippen molar-refractivity contribution in [2.75, 3.05) is 26.2 Å². The molecule has 0 aromatic carbocycles. The Labute approximate surface area is 136 Å². The lowest BCUT2D eigenvalue weighted by molar-refractivity contribution is -0.0672. The normalized spacial score (nSPS) is 24.4. The molecule has 128 valence electrons. The van der Waals surface area contributed by atoms with Crippen molar-refractivity contribution in [3.8, 4) is 0 Å². The predicted octanol–water partition coefficient (Wildman–Crippen LogP) is 0.133. The molecule has 1 aromatic heterocycles. The van der Waals surface area contributed by atoms with Gasteiger partial charge in [0.25, 0.3) is 0 Å².